The van der Waals surface area contributed by atoms with E-state index in [2.05, 4.69) is 10.2 Å². The number of amides is 1. The van der Waals surface area contributed by atoms with Gasteiger partial charge in [0.2, 0.25) is 5.91 Å². The van der Waals surface area contributed by atoms with E-state index in [1.165, 1.54) is 25.7 Å². The van der Waals surface area contributed by atoms with Gasteiger partial charge >= 0.3 is 0 Å². The molecule has 2 rings (SSSR count). The summed E-state index contributed by atoms with van der Waals surface area (Å²) in [7, 11) is 1.57. The van der Waals surface area contributed by atoms with Crippen molar-refractivity contribution < 1.29 is 9.53 Å². The molecule has 7 heteroatoms. The maximum atomic E-state index is 12.4. The first-order valence-corrected chi connectivity index (χ1v) is 7.60. The number of ether oxygens (including phenoxy) is 1. The van der Waals surface area contributed by atoms with Crippen molar-refractivity contribution in [2.45, 2.75) is 38.6 Å². The highest BCUT2D eigenvalue weighted by atomic mass is 35.5. The van der Waals surface area contributed by atoms with Gasteiger partial charge in [0, 0.05) is 5.69 Å². The van der Waals surface area contributed by atoms with Crippen molar-refractivity contribution in [3.63, 3.8) is 0 Å². The molecule has 1 saturated heterocycles. The van der Waals surface area contributed by atoms with Crippen molar-refractivity contribution in [3.8, 4) is 5.75 Å². The first-order chi connectivity index (χ1) is 10.1. The molecule has 1 amide bonds. The van der Waals surface area contributed by atoms with Crippen LogP contribution in [0.15, 0.2) is 18.2 Å². The fourth-order valence-corrected chi connectivity index (χ4v) is 2.71. The highest BCUT2D eigenvalue weighted by Gasteiger charge is 2.22. The van der Waals surface area contributed by atoms with Crippen LogP contribution < -0.4 is 15.8 Å². The predicted octanol–water partition coefficient (Wildman–Crippen LogP) is 3.32. The van der Waals surface area contributed by atoms with Gasteiger partial charge in [-0.25, -0.2) is 0 Å². The van der Waals surface area contributed by atoms with E-state index in [1.807, 2.05) is 13.0 Å². The average Bonchev–Trinajstić information content (AvgIpc) is 2.75. The number of rotatable bonds is 4. The number of nitrogens with two attached hydrogens (primary N) is 1. The van der Waals surface area contributed by atoms with Crippen molar-refractivity contribution >= 4 is 42.1 Å². The quantitative estimate of drug-likeness (QED) is 0.805. The van der Waals surface area contributed by atoms with Crippen molar-refractivity contribution in [2.75, 3.05) is 31.2 Å². The van der Waals surface area contributed by atoms with Crippen LogP contribution in [0.3, 0.4) is 0 Å². The number of halogens is 2. The number of nitrogens with one attached hydrogen (secondary N) is 1. The Labute approximate surface area is 150 Å². The van der Waals surface area contributed by atoms with Crippen molar-refractivity contribution in [3.05, 3.63) is 18.2 Å². The van der Waals surface area contributed by atoms with Gasteiger partial charge in [0.25, 0.3) is 0 Å². The molecule has 0 spiro atoms. The molecule has 5 nitrogen and oxygen atoms in total. The van der Waals surface area contributed by atoms with Gasteiger partial charge in [0.1, 0.15) is 5.75 Å². The standard InChI is InChI=1S/C16H25N3O2.2ClH/c1-12(19-9-5-3-4-6-10-19)16(20)18-13-7-8-15(21-2)14(17)11-13;;/h7-8,11-12H,3-6,9-10,17H2,1-2H3,(H,18,20);2*1H. The van der Waals surface area contributed by atoms with E-state index in [9.17, 15) is 4.79 Å². The lowest BCUT2D eigenvalue weighted by Gasteiger charge is -2.26. The third kappa shape index (κ3) is 6.09. The highest BCUT2D eigenvalue weighted by Crippen LogP contribution is 2.24. The molecule has 0 saturated carbocycles. The van der Waals surface area contributed by atoms with Gasteiger partial charge in [0.05, 0.1) is 18.8 Å². The number of methoxy groups -OCH3 is 1. The van der Waals surface area contributed by atoms with Gasteiger partial charge in [-0.1, -0.05) is 12.8 Å². The molecule has 132 valence electrons. The number of carbonyl (C=O) groups excluding carboxylic acids is 1. The largest absolute Gasteiger partial charge is 0.495 e. The molecular weight excluding hydrogens is 337 g/mol. The number of nitrogens with zero attached hydrogens (tertiary/aromatic N) is 1. The van der Waals surface area contributed by atoms with Crippen LogP contribution >= 0.6 is 24.8 Å². The normalized spacial score (nSPS) is 16.3. The van der Waals surface area contributed by atoms with Gasteiger partial charge in [-0.15, -0.1) is 24.8 Å². The maximum absolute atomic E-state index is 12.4. The molecule has 1 aromatic rings. The van der Waals surface area contributed by atoms with E-state index in [-0.39, 0.29) is 36.8 Å². The maximum Gasteiger partial charge on any atom is 0.241 e. The van der Waals surface area contributed by atoms with Crippen LogP contribution in [0.1, 0.15) is 32.6 Å². The molecule has 0 radical (unpaired) electrons. The lowest BCUT2D eigenvalue weighted by molar-refractivity contribution is -0.120. The van der Waals surface area contributed by atoms with Gasteiger partial charge in [-0.3, -0.25) is 9.69 Å². The van der Waals surface area contributed by atoms with Crippen molar-refractivity contribution in [2.24, 2.45) is 0 Å². The number of hydrogen-bond donors (Lipinski definition) is 2. The van der Waals surface area contributed by atoms with Crippen LogP contribution in [0.25, 0.3) is 0 Å². The summed E-state index contributed by atoms with van der Waals surface area (Å²) < 4.78 is 5.12. The molecular formula is C16H27Cl2N3O2. The molecule has 1 heterocycles. The van der Waals surface area contributed by atoms with Crippen LogP contribution in [-0.2, 0) is 4.79 Å². The Hall–Kier alpha value is -1.17. The van der Waals surface area contributed by atoms with Gasteiger partial charge in [0.15, 0.2) is 0 Å². The van der Waals surface area contributed by atoms with E-state index >= 15 is 0 Å². The molecule has 1 unspecified atom stereocenters. The first-order valence-electron chi connectivity index (χ1n) is 7.60. The van der Waals surface area contributed by atoms with Crippen molar-refractivity contribution in [1.29, 1.82) is 0 Å². The number of nitrogen functional groups attached to an aromatic ring is 1. The molecule has 1 aliphatic rings. The van der Waals surface area contributed by atoms with Crippen LogP contribution in [0.5, 0.6) is 5.75 Å². The van der Waals surface area contributed by atoms with Crippen LogP contribution in [0, 0.1) is 0 Å². The number of hydrogen-bond acceptors (Lipinski definition) is 4. The molecule has 23 heavy (non-hydrogen) atoms. The summed E-state index contributed by atoms with van der Waals surface area (Å²) >= 11 is 0. The SMILES string of the molecule is COc1ccc(NC(=O)C(C)N2CCCCCC2)cc1N.Cl.Cl. The summed E-state index contributed by atoms with van der Waals surface area (Å²) in [5.74, 6) is 0.634. The Morgan fingerprint density at radius 2 is 1.83 bits per heavy atom. The second kappa shape index (κ2) is 10.6. The van der Waals surface area contributed by atoms with Crippen LogP contribution in [-0.4, -0.2) is 37.0 Å². The predicted molar refractivity (Wildman–Crippen MR) is 100 cm³/mol. The van der Waals surface area contributed by atoms with Gasteiger partial charge in [-0.05, 0) is 51.1 Å². The third-order valence-electron chi connectivity index (χ3n) is 4.07. The zero-order chi connectivity index (χ0) is 15.2. The Morgan fingerprint density at radius 3 is 2.35 bits per heavy atom. The summed E-state index contributed by atoms with van der Waals surface area (Å²) in [6.07, 6.45) is 4.87. The summed E-state index contributed by atoms with van der Waals surface area (Å²) in [5, 5.41) is 2.94. The molecule has 0 bridgehead atoms. The smallest absolute Gasteiger partial charge is 0.241 e. The van der Waals surface area contributed by atoms with E-state index < -0.39 is 0 Å². The highest BCUT2D eigenvalue weighted by molar-refractivity contribution is 5.95. The van der Waals surface area contributed by atoms with E-state index in [0.717, 1.165) is 13.1 Å². The minimum absolute atomic E-state index is 0. The number of likely N-dealkylation sites (tertiary alicyclic amines) is 1. The number of carbonyl (C=O) groups is 1. The second-order valence-electron chi connectivity index (χ2n) is 5.57. The lowest BCUT2D eigenvalue weighted by atomic mass is 10.2. The summed E-state index contributed by atoms with van der Waals surface area (Å²) in [6, 6.07) is 5.18. The number of benzene rings is 1. The minimum atomic E-state index is -0.119. The first kappa shape index (κ1) is 21.8. The Kier molecular flexibility index (Phi) is 10.0. The van der Waals surface area contributed by atoms with E-state index in [4.69, 9.17) is 10.5 Å². The molecule has 0 aliphatic carbocycles. The summed E-state index contributed by atoms with van der Waals surface area (Å²) in [4.78, 5) is 14.6. The Morgan fingerprint density at radius 1 is 1.22 bits per heavy atom. The van der Waals surface area contributed by atoms with E-state index in [0.29, 0.717) is 17.1 Å². The van der Waals surface area contributed by atoms with Crippen LogP contribution in [0.2, 0.25) is 0 Å². The molecule has 1 aliphatic heterocycles. The number of anilines is 2. The lowest BCUT2D eigenvalue weighted by Crippen LogP contribution is -2.42. The second-order valence-corrected chi connectivity index (χ2v) is 5.57. The minimum Gasteiger partial charge on any atom is -0.495 e. The Bertz CT molecular complexity index is 492. The monoisotopic (exact) mass is 363 g/mol. The fraction of sp³-hybridized carbons (Fsp3) is 0.562. The zero-order valence-corrected chi connectivity index (χ0v) is 15.3. The molecule has 3 N–H and O–H groups in total. The third-order valence-corrected chi connectivity index (χ3v) is 4.07. The van der Waals surface area contributed by atoms with Gasteiger partial charge in [-0.2, -0.15) is 0 Å². The van der Waals surface area contributed by atoms with E-state index in [1.54, 1.807) is 19.2 Å². The van der Waals surface area contributed by atoms with Gasteiger partial charge < -0.3 is 15.8 Å². The molecule has 0 aromatic heterocycles. The molecule has 1 atom stereocenters. The topological polar surface area (TPSA) is 67.6 Å². The van der Waals surface area contributed by atoms with Crippen molar-refractivity contribution in [1.82, 2.24) is 4.90 Å². The fourth-order valence-electron chi connectivity index (χ4n) is 2.71. The summed E-state index contributed by atoms with van der Waals surface area (Å²) in [6.45, 7) is 3.96. The van der Waals surface area contributed by atoms with Crippen LogP contribution in [0.4, 0.5) is 11.4 Å². The zero-order valence-electron chi connectivity index (χ0n) is 13.7. The Balaban J connectivity index is 0.00000242. The molecule has 1 aromatic carbocycles. The molecule has 1 fully saturated rings. The average molecular weight is 364 g/mol. The summed E-state index contributed by atoms with van der Waals surface area (Å²) in [5.41, 5.74) is 7.09.